The smallest absolute Gasteiger partial charge is 0.264 e. The minimum Gasteiger partial charge on any atom is -0.395 e. The van der Waals surface area contributed by atoms with Crippen LogP contribution in [0, 0.1) is 5.92 Å². The Bertz CT molecular complexity index is 1730. The van der Waals surface area contributed by atoms with Crippen molar-refractivity contribution in [2.75, 3.05) is 36.0 Å². The van der Waals surface area contributed by atoms with E-state index in [0.717, 1.165) is 23.4 Å². The number of hydrogen-bond acceptors (Lipinski definition) is 7. The van der Waals surface area contributed by atoms with E-state index >= 15 is 0 Å². The molecule has 3 aromatic carbocycles. The zero-order chi connectivity index (χ0) is 32.3. The number of nitrogens with one attached hydrogen (secondary N) is 1. The van der Waals surface area contributed by atoms with Crippen molar-refractivity contribution in [3.05, 3.63) is 119 Å². The average Bonchev–Trinajstić information content (AvgIpc) is 3.62. The van der Waals surface area contributed by atoms with E-state index in [2.05, 4.69) is 15.6 Å². The first-order chi connectivity index (χ1) is 22.3. The molecule has 1 fully saturated rings. The third kappa shape index (κ3) is 6.21. The number of piperazine rings is 1. The summed E-state index contributed by atoms with van der Waals surface area (Å²) in [6.07, 6.45) is 6.22. The number of anilines is 2. The number of benzene rings is 3. The van der Waals surface area contributed by atoms with Gasteiger partial charge in [-0.15, -0.1) is 5.10 Å². The van der Waals surface area contributed by atoms with Crippen molar-refractivity contribution in [3.8, 4) is 0 Å². The van der Waals surface area contributed by atoms with Crippen molar-refractivity contribution >= 4 is 34.8 Å². The van der Waals surface area contributed by atoms with Gasteiger partial charge in [-0.1, -0.05) is 78.4 Å². The molecule has 3 heterocycles. The topological polar surface area (TPSA) is 124 Å². The average molecular weight is 641 g/mol. The number of carbonyl (C=O) groups excluding carboxylic acids is 2. The zero-order valence-corrected chi connectivity index (χ0v) is 26.3. The number of nitrogens with zero attached hydrogens (tertiary/aromatic N) is 5. The highest BCUT2D eigenvalue weighted by Gasteiger charge is 2.52. The van der Waals surface area contributed by atoms with Crippen LogP contribution in [-0.4, -0.2) is 63.3 Å². The van der Waals surface area contributed by atoms with Crippen molar-refractivity contribution in [3.63, 3.8) is 0 Å². The molecule has 11 heteroatoms. The van der Waals surface area contributed by atoms with E-state index in [9.17, 15) is 19.8 Å². The SMILES string of the molecule is C[C@H](/C=C/CCn1cc(C(CO)c2ccccc2)nn1)[C@@]1(O)C(=O)N(Cc2ccc(N3CCNCC3=O)cc2)c2ccc(Cl)cc21. The molecule has 0 spiro atoms. The molecule has 0 radical (unpaired) electrons. The Morgan fingerprint density at radius 3 is 2.61 bits per heavy atom. The highest BCUT2D eigenvalue weighted by molar-refractivity contribution is 6.31. The third-order valence-corrected chi connectivity index (χ3v) is 9.05. The lowest BCUT2D eigenvalue weighted by Crippen LogP contribution is -2.48. The number of aliphatic hydroxyl groups is 2. The lowest BCUT2D eigenvalue weighted by atomic mass is 9.83. The normalized spacial score (nSPS) is 19.6. The zero-order valence-electron chi connectivity index (χ0n) is 25.6. The van der Waals surface area contributed by atoms with Gasteiger partial charge >= 0.3 is 0 Å². The Labute approximate surface area is 272 Å². The number of hydrogen-bond donors (Lipinski definition) is 3. The summed E-state index contributed by atoms with van der Waals surface area (Å²) >= 11 is 6.36. The second-order valence-corrected chi connectivity index (χ2v) is 12.2. The number of aliphatic hydroxyl groups excluding tert-OH is 1. The van der Waals surface area contributed by atoms with Gasteiger partial charge in [0.05, 0.1) is 37.0 Å². The van der Waals surface area contributed by atoms with Crippen LogP contribution in [0.3, 0.4) is 0 Å². The van der Waals surface area contributed by atoms with Crippen molar-refractivity contribution in [2.24, 2.45) is 5.92 Å². The molecule has 10 nitrogen and oxygen atoms in total. The van der Waals surface area contributed by atoms with Crippen molar-refractivity contribution in [2.45, 2.75) is 38.0 Å². The maximum Gasteiger partial charge on any atom is 0.264 e. The van der Waals surface area contributed by atoms with Gasteiger partial charge in [0.15, 0.2) is 5.60 Å². The van der Waals surface area contributed by atoms with Gasteiger partial charge in [-0.05, 0) is 47.9 Å². The van der Waals surface area contributed by atoms with E-state index in [0.29, 0.717) is 48.0 Å². The summed E-state index contributed by atoms with van der Waals surface area (Å²) < 4.78 is 1.73. The molecular formula is C35H37ClN6O4. The molecule has 3 atom stereocenters. The van der Waals surface area contributed by atoms with Crippen LogP contribution in [0.2, 0.25) is 5.02 Å². The van der Waals surface area contributed by atoms with Crippen molar-refractivity contribution in [1.82, 2.24) is 20.3 Å². The molecule has 2 aliphatic rings. The summed E-state index contributed by atoms with van der Waals surface area (Å²) in [4.78, 5) is 29.6. The van der Waals surface area contributed by atoms with E-state index in [-0.39, 0.29) is 25.0 Å². The van der Waals surface area contributed by atoms with Gasteiger partial charge in [0.25, 0.3) is 5.91 Å². The number of fused-ring (bicyclic) bond motifs is 1. The van der Waals surface area contributed by atoms with Crippen LogP contribution in [-0.2, 0) is 28.3 Å². The predicted molar refractivity (Wildman–Crippen MR) is 177 cm³/mol. The Kier molecular flexibility index (Phi) is 9.32. The molecule has 0 bridgehead atoms. The predicted octanol–water partition coefficient (Wildman–Crippen LogP) is 4.01. The van der Waals surface area contributed by atoms with E-state index in [4.69, 9.17) is 11.6 Å². The number of aryl methyl sites for hydroxylation is 1. The lowest BCUT2D eigenvalue weighted by Gasteiger charge is -2.28. The maximum atomic E-state index is 14.0. The number of aromatic nitrogens is 3. The van der Waals surface area contributed by atoms with Gasteiger partial charge in [0, 0.05) is 48.0 Å². The minimum atomic E-state index is -1.80. The maximum absolute atomic E-state index is 14.0. The molecule has 46 heavy (non-hydrogen) atoms. The van der Waals surface area contributed by atoms with E-state index in [1.165, 1.54) is 0 Å². The molecule has 6 rings (SSSR count). The number of allylic oxidation sites excluding steroid dienone is 1. The molecule has 1 aromatic heterocycles. The fourth-order valence-corrected chi connectivity index (χ4v) is 6.38. The second-order valence-electron chi connectivity index (χ2n) is 11.8. The minimum absolute atomic E-state index is 0.0241. The Morgan fingerprint density at radius 1 is 1.09 bits per heavy atom. The Morgan fingerprint density at radius 2 is 1.87 bits per heavy atom. The second kappa shape index (κ2) is 13.6. The number of carbonyl (C=O) groups is 2. The highest BCUT2D eigenvalue weighted by atomic mass is 35.5. The Balaban J connectivity index is 1.14. The largest absolute Gasteiger partial charge is 0.395 e. The molecule has 4 aromatic rings. The summed E-state index contributed by atoms with van der Waals surface area (Å²) in [7, 11) is 0. The van der Waals surface area contributed by atoms with Crippen LogP contribution in [0.1, 0.15) is 41.6 Å². The Hall–Kier alpha value is -4.35. The van der Waals surface area contributed by atoms with E-state index in [1.54, 1.807) is 32.7 Å². The quantitative estimate of drug-likeness (QED) is 0.212. The van der Waals surface area contributed by atoms with E-state index < -0.39 is 17.4 Å². The van der Waals surface area contributed by atoms with E-state index in [1.807, 2.05) is 79.9 Å². The molecule has 1 saturated heterocycles. The van der Waals surface area contributed by atoms with Crippen LogP contribution in [0.4, 0.5) is 11.4 Å². The summed E-state index contributed by atoms with van der Waals surface area (Å²) in [5, 5.41) is 34.0. The molecule has 2 amide bonds. The molecule has 3 N–H and O–H groups in total. The fraction of sp³-hybridized carbons (Fsp3) is 0.314. The number of halogens is 1. The summed E-state index contributed by atoms with van der Waals surface area (Å²) in [6, 6.07) is 22.5. The highest BCUT2D eigenvalue weighted by Crippen LogP contribution is 2.46. The summed E-state index contributed by atoms with van der Waals surface area (Å²) in [5.41, 5.74) is 2.64. The molecule has 238 valence electrons. The standard InChI is InChI=1S/C35H37ClN6O4/c1-24(7-5-6-17-40-22-31(38-39-40)29(23-43)26-8-3-2-4-9-26)35(46)30-19-27(36)12-15-32(30)42(34(35)45)21-25-10-13-28(14-11-25)41-18-16-37-20-33(41)44/h2-5,7-15,19,22,24,29,37,43,46H,6,16-18,20-21,23H2,1H3/b7-5+/t24-,29?,35+/m1/s1. The van der Waals surface area contributed by atoms with Crippen LogP contribution in [0.15, 0.2) is 91.1 Å². The number of rotatable bonds is 11. The van der Waals surface area contributed by atoms with Gasteiger partial charge in [-0.3, -0.25) is 14.3 Å². The van der Waals surface area contributed by atoms with Crippen LogP contribution >= 0.6 is 11.6 Å². The van der Waals surface area contributed by atoms with Gasteiger partial charge in [-0.2, -0.15) is 0 Å². The van der Waals surface area contributed by atoms with Crippen molar-refractivity contribution in [1.29, 1.82) is 0 Å². The summed E-state index contributed by atoms with van der Waals surface area (Å²) in [6.45, 7) is 4.21. The first-order valence-corrected chi connectivity index (χ1v) is 15.8. The van der Waals surface area contributed by atoms with Gasteiger partial charge in [0.1, 0.15) is 0 Å². The first-order valence-electron chi connectivity index (χ1n) is 15.5. The van der Waals surface area contributed by atoms with Crippen molar-refractivity contribution < 1.29 is 19.8 Å². The fourth-order valence-electron chi connectivity index (χ4n) is 6.20. The van der Waals surface area contributed by atoms with Crippen LogP contribution in [0.5, 0.6) is 0 Å². The molecule has 1 unspecified atom stereocenters. The van der Waals surface area contributed by atoms with Gasteiger partial charge < -0.3 is 25.3 Å². The third-order valence-electron chi connectivity index (χ3n) is 8.82. The van der Waals surface area contributed by atoms with Gasteiger partial charge in [0.2, 0.25) is 5.91 Å². The number of amides is 2. The van der Waals surface area contributed by atoms with Crippen LogP contribution < -0.4 is 15.1 Å². The first kappa shape index (κ1) is 31.6. The molecule has 2 aliphatic heterocycles. The molecular weight excluding hydrogens is 604 g/mol. The molecule has 0 aliphatic carbocycles. The van der Waals surface area contributed by atoms with Gasteiger partial charge in [-0.25, -0.2) is 0 Å². The lowest BCUT2D eigenvalue weighted by molar-refractivity contribution is -0.139. The van der Waals surface area contributed by atoms with Crippen LogP contribution in [0.25, 0.3) is 0 Å². The summed E-state index contributed by atoms with van der Waals surface area (Å²) in [5.74, 6) is -1.19. The molecule has 0 saturated carbocycles. The monoisotopic (exact) mass is 640 g/mol.